The lowest BCUT2D eigenvalue weighted by molar-refractivity contribution is 0.907. The van der Waals surface area contributed by atoms with Crippen LogP contribution in [-0.2, 0) is 0 Å². The molecule has 19 heavy (non-hydrogen) atoms. The third-order valence-electron chi connectivity index (χ3n) is 3.45. The van der Waals surface area contributed by atoms with Crippen molar-refractivity contribution in [1.29, 1.82) is 0 Å². The Morgan fingerprint density at radius 2 is 1.89 bits per heavy atom. The van der Waals surface area contributed by atoms with E-state index in [-0.39, 0.29) is 5.56 Å². The Balaban J connectivity index is 2.31. The molecule has 1 aromatic carbocycles. The molecule has 0 unspecified atom stereocenters. The highest BCUT2D eigenvalue weighted by Crippen LogP contribution is 2.18. The fraction of sp³-hybridized carbons (Fsp3) is 0.200. The Bertz CT molecular complexity index is 827. The summed E-state index contributed by atoms with van der Waals surface area (Å²) in [5.74, 6) is 0. The van der Waals surface area contributed by atoms with Gasteiger partial charge in [-0.25, -0.2) is 4.68 Å². The SMILES string of the molecule is Cc1cc2c(cnn2-c2ccc(C)c(C)c2)c(=O)[nH]1. The number of H-pyrrole nitrogens is 1. The van der Waals surface area contributed by atoms with Gasteiger partial charge in [0.25, 0.3) is 5.56 Å². The first-order chi connectivity index (χ1) is 9.06. The molecule has 4 heteroatoms. The van der Waals surface area contributed by atoms with Crippen LogP contribution in [0.5, 0.6) is 0 Å². The maximum absolute atomic E-state index is 11.9. The molecule has 2 heterocycles. The van der Waals surface area contributed by atoms with Crippen molar-refractivity contribution >= 4 is 10.9 Å². The van der Waals surface area contributed by atoms with Crippen LogP contribution in [0, 0.1) is 20.8 Å². The van der Waals surface area contributed by atoms with Gasteiger partial charge >= 0.3 is 0 Å². The number of hydrogen-bond donors (Lipinski definition) is 1. The number of rotatable bonds is 1. The molecule has 3 rings (SSSR count). The van der Waals surface area contributed by atoms with Crippen LogP contribution in [0.4, 0.5) is 0 Å². The average molecular weight is 253 g/mol. The van der Waals surface area contributed by atoms with Crippen molar-refractivity contribution in [3.63, 3.8) is 0 Å². The second-order valence-electron chi connectivity index (χ2n) is 4.91. The Labute approximate surface area is 110 Å². The van der Waals surface area contributed by atoms with Crippen LogP contribution in [0.2, 0.25) is 0 Å². The van der Waals surface area contributed by atoms with Gasteiger partial charge in [0.05, 0.1) is 22.8 Å². The zero-order chi connectivity index (χ0) is 13.6. The number of nitrogens with zero attached hydrogens (tertiary/aromatic N) is 2. The summed E-state index contributed by atoms with van der Waals surface area (Å²) >= 11 is 0. The minimum Gasteiger partial charge on any atom is -0.326 e. The summed E-state index contributed by atoms with van der Waals surface area (Å²) < 4.78 is 1.81. The van der Waals surface area contributed by atoms with Crippen molar-refractivity contribution < 1.29 is 0 Å². The monoisotopic (exact) mass is 253 g/mol. The fourth-order valence-corrected chi connectivity index (χ4v) is 2.22. The third-order valence-corrected chi connectivity index (χ3v) is 3.45. The summed E-state index contributed by atoms with van der Waals surface area (Å²) in [4.78, 5) is 14.6. The molecular formula is C15H15N3O. The van der Waals surface area contributed by atoms with Crippen LogP contribution in [0.3, 0.4) is 0 Å². The summed E-state index contributed by atoms with van der Waals surface area (Å²) in [6.45, 7) is 6.02. The van der Waals surface area contributed by atoms with Gasteiger partial charge in [-0.05, 0) is 50.1 Å². The van der Waals surface area contributed by atoms with Crippen molar-refractivity contribution in [1.82, 2.24) is 14.8 Å². The fourth-order valence-electron chi connectivity index (χ4n) is 2.22. The largest absolute Gasteiger partial charge is 0.326 e. The topological polar surface area (TPSA) is 50.7 Å². The molecule has 0 saturated carbocycles. The van der Waals surface area contributed by atoms with Gasteiger partial charge in [-0.3, -0.25) is 4.79 Å². The summed E-state index contributed by atoms with van der Waals surface area (Å²) in [7, 11) is 0. The van der Waals surface area contributed by atoms with Crippen LogP contribution in [0.15, 0.2) is 35.3 Å². The molecule has 0 amide bonds. The van der Waals surface area contributed by atoms with Gasteiger partial charge in [-0.15, -0.1) is 0 Å². The average Bonchev–Trinajstić information content (AvgIpc) is 2.76. The molecule has 0 saturated heterocycles. The van der Waals surface area contributed by atoms with Gasteiger partial charge in [0.2, 0.25) is 0 Å². The van der Waals surface area contributed by atoms with E-state index in [0.717, 1.165) is 16.9 Å². The summed E-state index contributed by atoms with van der Waals surface area (Å²) in [5, 5.41) is 4.95. The molecule has 2 aromatic heterocycles. The molecule has 0 atom stereocenters. The smallest absolute Gasteiger partial charge is 0.259 e. The molecule has 96 valence electrons. The van der Waals surface area contributed by atoms with Gasteiger partial charge in [0.15, 0.2) is 0 Å². The number of nitrogens with one attached hydrogen (secondary N) is 1. The maximum Gasteiger partial charge on any atom is 0.259 e. The van der Waals surface area contributed by atoms with Gasteiger partial charge in [0, 0.05) is 5.69 Å². The second-order valence-corrected chi connectivity index (χ2v) is 4.91. The third kappa shape index (κ3) is 1.85. The van der Waals surface area contributed by atoms with E-state index in [1.165, 1.54) is 11.1 Å². The highest BCUT2D eigenvalue weighted by Gasteiger charge is 2.09. The number of benzene rings is 1. The molecule has 1 N–H and O–H groups in total. The predicted octanol–water partition coefficient (Wildman–Crippen LogP) is 2.64. The molecule has 0 spiro atoms. The lowest BCUT2D eigenvalue weighted by Gasteiger charge is -2.07. The molecule has 0 aliphatic heterocycles. The molecule has 3 aromatic rings. The summed E-state index contributed by atoms with van der Waals surface area (Å²) in [6, 6.07) is 8.11. The van der Waals surface area contributed by atoms with Gasteiger partial charge < -0.3 is 4.98 Å². The van der Waals surface area contributed by atoms with Crippen LogP contribution in [0.1, 0.15) is 16.8 Å². The molecule has 0 radical (unpaired) electrons. The minimum absolute atomic E-state index is 0.0925. The molecule has 0 fully saturated rings. The van der Waals surface area contributed by atoms with E-state index in [1.54, 1.807) is 6.20 Å². The Kier molecular flexibility index (Phi) is 2.52. The Morgan fingerprint density at radius 3 is 2.63 bits per heavy atom. The number of fused-ring (bicyclic) bond motifs is 1. The summed E-state index contributed by atoms with van der Waals surface area (Å²) in [6.07, 6.45) is 1.61. The standard InChI is InChI=1S/C15H15N3O/c1-9-4-5-12(6-10(9)2)18-14-7-11(3)17-15(19)13(14)8-16-18/h4-8H,1-3H3,(H,17,19). The molecule has 0 bridgehead atoms. The molecule has 0 aliphatic carbocycles. The van der Waals surface area contributed by atoms with E-state index in [9.17, 15) is 4.79 Å². The second kappa shape index (κ2) is 4.09. The van der Waals surface area contributed by atoms with Crippen molar-refractivity contribution in [2.45, 2.75) is 20.8 Å². The Hall–Kier alpha value is -2.36. The van der Waals surface area contributed by atoms with Gasteiger partial charge in [-0.1, -0.05) is 6.07 Å². The first kappa shape index (κ1) is 11.7. The molecule has 4 nitrogen and oxygen atoms in total. The van der Waals surface area contributed by atoms with Crippen molar-refractivity contribution in [2.24, 2.45) is 0 Å². The number of aromatic amines is 1. The maximum atomic E-state index is 11.9. The number of hydrogen-bond acceptors (Lipinski definition) is 2. The summed E-state index contributed by atoms with van der Waals surface area (Å²) in [5.41, 5.74) is 5.01. The number of aryl methyl sites for hydroxylation is 3. The normalized spacial score (nSPS) is 11.1. The van der Waals surface area contributed by atoms with E-state index in [0.29, 0.717) is 5.39 Å². The number of aromatic nitrogens is 3. The first-order valence-corrected chi connectivity index (χ1v) is 6.21. The van der Waals surface area contributed by atoms with E-state index in [2.05, 4.69) is 36.1 Å². The first-order valence-electron chi connectivity index (χ1n) is 6.21. The van der Waals surface area contributed by atoms with E-state index in [1.807, 2.05) is 23.7 Å². The van der Waals surface area contributed by atoms with Crippen molar-refractivity contribution in [3.8, 4) is 5.69 Å². The van der Waals surface area contributed by atoms with Crippen LogP contribution in [-0.4, -0.2) is 14.8 Å². The number of pyridine rings is 1. The Morgan fingerprint density at radius 1 is 1.11 bits per heavy atom. The van der Waals surface area contributed by atoms with E-state index < -0.39 is 0 Å². The molecule has 0 aliphatic rings. The highest BCUT2D eigenvalue weighted by molar-refractivity contribution is 5.79. The van der Waals surface area contributed by atoms with Crippen molar-refractivity contribution in [2.75, 3.05) is 0 Å². The highest BCUT2D eigenvalue weighted by atomic mass is 16.1. The van der Waals surface area contributed by atoms with Crippen LogP contribution < -0.4 is 5.56 Å². The quantitative estimate of drug-likeness (QED) is 0.724. The van der Waals surface area contributed by atoms with E-state index >= 15 is 0 Å². The lowest BCUT2D eigenvalue weighted by atomic mass is 10.1. The van der Waals surface area contributed by atoms with Crippen LogP contribution >= 0.6 is 0 Å². The van der Waals surface area contributed by atoms with Gasteiger partial charge in [0.1, 0.15) is 0 Å². The molecular weight excluding hydrogens is 238 g/mol. The van der Waals surface area contributed by atoms with Gasteiger partial charge in [-0.2, -0.15) is 5.10 Å². The zero-order valence-electron chi connectivity index (χ0n) is 11.2. The van der Waals surface area contributed by atoms with Crippen LogP contribution in [0.25, 0.3) is 16.6 Å². The van der Waals surface area contributed by atoms with E-state index in [4.69, 9.17) is 0 Å². The predicted molar refractivity (Wildman–Crippen MR) is 75.9 cm³/mol. The zero-order valence-corrected chi connectivity index (χ0v) is 11.2. The van der Waals surface area contributed by atoms with Crippen molar-refractivity contribution in [3.05, 3.63) is 57.6 Å². The lowest BCUT2D eigenvalue weighted by Crippen LogP contribution is -2.07. The minimum atomic E-state index is -0.0925.